The highest BCUT2D eigenvalue weighted by molar-refractivity contribution is 5.86. The molecule has 0 unspecified atom stereocenters. The van der Waals surface area contributed by atoms with Crippen molar-refractivity contribution in [3.63, 3.8) is 0 Å². The Hall–Kier alpha value is -1.92. The van der Waals surface area contributed by atoms with E-state index in [4.69, 9.17) is 10.8 Å². The molecular formula is C16H24N2O4. The highest BCUT2D eigenvalue weighted by Crippen LogP contribution is 2.14. The number of nitrogens with two attached hydrogens (primary N) is 1. The molecule has 6 heteroatoms. The number of carbonyl (C=O) groups excluding carboxylic acids is 1. The number of aliphatic hydroxyl groups is 1. The lowest BCUT2D eigenvalue weighted by molar-refractivity contribution is -0.170. The van der Waals surface area contributed by atoms with E-state index in [0.29, 0.717) is 12.8 Å². The maximum Gasteiger partial charge on any atom is 0.358 e. The van der Waals surface area contributed by atoms with E-state index in [-0.39, 0.29) is 12.3 Å². The van der Waals surface area contributed by atoms with Crippen molar-refractivity contribution in [3.05, 3.63) is 35.9 Å². The van der Waals surface area contributed by atoms with Gasteiger partial charge >= 0.3 is 5.97 Å². The molecule has 0 heterocycles. The molecule has 0 bridgehead atoms. The van der Waals surface area contributed by atoms with Crippen molar-refractivity contribution in [2.75, 3.05) is 0 Å². The number of carboxylic acids is 1. The summed E-state index contributed by atoms with van der Waals surface area (Å²) in [6, 6.07) is 8.57. The second-order valence-electron chi connectivity index (χ2n) is 5.73. The average molecular weight is 308 g/mol. The van der Waals surface area contributed by atoms with Crippen molar-refractivity contribution in [2.45, 2.75) is 44.9 Å². The Morgan fingerprint density at radius 1 is 1.27 bits per heavy atom. The number of amides is 1. The van der Waals surface area contributed by atoms with Gasteiger partial charge in [-0.1, -0.05) is 44.2 Å². The van der Waals surface area contributed by atoms with Crippen LogP contribution in [-0.2, 0) is 16.0 Å². The molecule has 0 radical (unpaired) electrons. The molecule has 0 spiro atoms. The molecule has 0 fully saturated rings. The molecule has 1 rings (SSSR count). The zero-order valence-electron chi connectivity index (χ0n) is 13.0. The average Bonchev–Trinajstić information content (AvgIpc) is 2.47. The molecule has 1 aromatic rings. The SMILES string of the molecule is CC(C)[C@@H](N)[C@@](O)(NC(=O)CCCc1ccccc1)C(=O)O. The molecule has 0 aliphatic heterocycles. The quantitative estimate of drug-likeness (QED) is 0.533. The fourth-order valence-corrected chi connectivity index (χ4v) is 2.13. The Balaban J connectivity index is 2.56. The minimum absolute atomic E-state index is 0.120. The molecule has 6 nitrogen and oxygen atoms in total. The Morgan fingerprint density at radius 3 is 2.36 bits per heavy atom. The summed E-state index contributed by atoms with van der Waals surface area (Å²) in [4.78, 5) is 23.1. The summed E-state index contributed by atoms with van der Waals surface area (Å²) in [5, 5.41) is 21.5. The first-order chi connectivity index (χ1) is 10.3. The molecule has 0 saturated heterocycles. The van der Waals surface area contributed by atoms with Gasteiger partial charge < -0.3 is 21.3 Å². The number of carboxylic acid groups (broad SMARTS) is 1. The molecule has 0 aliphatic carbocycles. The van der Waals surface area contributed by atoms with Crippen molar-refractivity contribution >= 4 is 11.9 Å². The second-order valence-corrected chi connectivity index (χ2v) is 5.73. The van der Waals surface area contributed by atoms with Crippen molar-refractivity contribution in [2.24, 2.45) is 11.7 Å². The van der Waals surface area contributed by atoms with Gasteiger partial charge in [-0.2, -0.15) is 0 Å². The number of rotatable bonds is 8. The Kier molecular flexibility index (Phi) is 6.52. The molecule has 0 aromatic heterocycles. The van der Waals surface area contributed by atoms with Crippen LogP contribution in [0.5, 0.6) is 0 Å². The van der Waals surface area contributed by atoms with Gasteiger partial charge in [0.2, 0.25) is 5.91 Å². The molecule has 5 N–H and O–H groups in total. The number of aliphatic carboxylic acids is 1. The number of hydrogen-bond acceptors (Lipinski definition) is 4. The smallest absolute Gasteiger partial charge is 0.358 e. The van der Waals surface area contributed by atoms with Crippen molar-refractivity contribution in [1.82, 2.24) is 5.32 Å². The van der Waals surface area contributed by atoms with Gasteiger partial charge in [-0.3, -0.25) is 4.79 Å². The maximum absolute atomic E-state index is 11.9. The highest BCUT2D eigenvalue weighted by Gasteiger charge is 2.45. The molecule has 0 aliphatic rings. The van der Waals surface area contributed by atoms with Gasteiger partial charge in [0.05, 0.1) is 6.04 Å². The third-order valence-corrected chi connectivity index (χ3v) is 3.57. The largest absolute Gasteiger partial charge is 0.478 e. The van der Waals surface area contributed by atoms with Crippen LogP contribution >= 0.6 is 0 Å². The van der Waals surface area contributed by atoms with Crippen molar-refractivity contribution < 1.29 is 19.8 Å². The molecule has 1 amide bonds. The Morgan fingerprint density at radius 2 is 1.86 bits per heavy atom. The van der Waals surface area contributed by atoms with Crippen LogP contribution in [0.25, 0.3) is 0 Å². The lowest BCUT2D eigenvalue weighted by atomic mass is 9.93. The summed E-state index contributed by atoms with van der Waals surface area (Å²) in [6.45, 7) is 3.36. The van der Waals surface area contributed by atoms with Crippen LogP contribution in [-0.4, -0.2) is 33.9 Å². The number of carbonyl (C=O) groups is 2. The normalized spacial score (nSPS) is 15.1. The molecule has 2 atom stereocenters. The van der Waals surface area contributed by atoms with E-state index >= 15 is 0 Å². The van der Waals surface area contributed by atoms with Gasteiger partial charge in [-0.25, -0.2) is 4.79 Å². The summed E-state index contributed by atoms with van der Waals surface area (Å²) in [6.07, 6.45) is 1.38. The molecule has 122 valence electrons. The van der Waals surface area contributed by atoms with Crippen molar-refractivity contribution in [3.8, 4) is 0 Å². The first-order valence-corrected chi connectivity index (χ1v) is 7.33. The standard InChI is InChI=1S/C16H24N2O4/c1-11(2)14(17)16(22,15(20)21)18-13(19)10-6-9-12-7-4-3-5-8-12/h3-5,7-8,11,14,22H,6,9-10,17H2,1-2H3,(H,18,19)(H,20,21)/t14-,16+/m1/s1. The number of nitrogens with one attached hydrogen (secondary N) is 1. The van der Waals surface area contributed by atoms with E-state index < -0.39 is 23.6 Å². The van der Waals surface area contributed by atoms with Crippen LogP contribution in [0, 0.1) is 5.92 Å². The lowest BCUT2D eigenvalue weighted by Crippen LogP contribution is -2.66. The van der Waals surface area contributed by atoms with Gasteiger partial charge in [-0.15, -0.1) is 0 Å². The van der Waals surface area contributed by atoms with Crippen LogP contribution in [0.3, 0.4) is 0 Å². The van der Waals surface area contributed by atoms with Gasteiger partial charge in [0.25, 0.3) is 5.72 Å². The number of aryl methyl sites for hydroxylation is 1. The van der Waals surface area contributed by atoms with E-state index in [9.17, 15) is 14.7 Å². The van der Waals surface area contributed by atoms with E-state index in [2.05, 4.69) is 5.32 Å². The minimum atomic E-state index is -2.45. The van der Waals surface area contributed by atoms with Gasteiger partial charge in [0.15, 0.2) is 0 Å². The fraction of sp³-hybridized carbons (Fsp3) is 0.500. The topological polar surface area (TPSA) is 113 Å². The Bertz CT molecular complexity index is 504. The summed E-state index contributed by atoms with van der Waals surface area (Å²) in [5.41, 5.74) is 4.37. The molecule has 1 aromatic carbocycles. The molecular weight excluding hydrogens is 284 g/mol. The van der Waals surface area contributed by atoms with E-state index in [1.54, 1.807) is 13.8 Å². The van der Waals surface area contributed by atoms with Crippen LogP contribution in [0.2, 0.25) is 0 Å². The third kappa shape index (κ3) is 4.82. The first kappa shape index (κ1) is 18.1. The summed E-state index contributed by atoms with van der Waals surface area (Å²) in [5.74, 6) is -2.38. The fourth-order valence-electron chi connectivity index (χ4n) is 2.13. The van der Waals surface area contributed by atoms with Crippen molar-refractivity contribution in [1.29, 1.82) is 0 Å². The first-order valence-electron chi connectivity index (χ1n) is 7.33. The zero-order chi connectivity index (χ0) is 16.8. The van der Waals surface area contributed by atoms with Gasteiger partial charge in [-0.05, 0) is 24.3 Å². The van der Waals surface area contributed by atoms with Crippen LogP contribution in [0.4, 0.5) is 0 Å². The van der Waals surface area contributed by atoms with E-state index in [1.165, 1.54) is 0 Å². The highest BCUT2D eigenvalue weighted by atomic mass is 16.4. The number of benzene rings is 1. The second kappa shape index (κ2) is 7.91. The molecule has 22 heavy (non-hydrogen) atoms. The summed E-state index contributed by atoms with van der Waals surface area (Å²) < 4.78 is 0. The summed E-state index contributed by atoms with van der Waals surface area (Å²) >= 11 is 0. The third-order valence-electron chi connectivity index (χ3n) is 3.57. The number of hydrogen-bond donors (Lipinski definition) is 4. The predicted molar refractivity (Wildman–Crippen MR) is 82.9 cm³/mol. The van der Waals surface area contributed by atoms with Gasteiger partial charge in [0, 0.05) is 6.42 Å². The minimum Gasteiger partial charge on any atom is -0.478 e. The van der Waals surface area contributed by atoms with Crippen LogP contribution in [0.1, 0.15) is 32.3 Å². The zero-order valence-corrected chi connectivity index (χ0v) is 13.0. The van der Waals surface area contributed by atoms with Crippen LogP contribution < -0.4 is 11.1 Å². The summed E-state index contributed by atoms with van der Waals surface area (Å²) in [7, 11) is 0. The monoisotopic (exact) mass is 308 g/mol. The van der Waals surface area contributed by atoms with Crippen LogP contribution in [0.15, 0.2) is 30.3 Å². The Labute approximate surface area is 130 Å². The maximum atomic E-state index is 11.9. The van der Waals surface area contributed by atoms with E-state index in [0.717, 1.165) is 5.56 Å². The van der Waals surface area contributed by atoms with E-state index in [1.807, 2.05) is 30.3 Å². The van der Waals surface area contributed by atoms with Gasteiger partial charge in [0.1, 0.15) is 0 Å². The predicted octanol–water partition coefficient (Wildman–Crippen LogP) is 0.882. The molecule has 0 saturated carbocycles. The lowest BCUT2D eigenvalue weighted by Gasteiger charge is -2.32.